The summed E-state index contributed by atoms with van der Waals surface area (Å²) in [5.74, 6) is 0.406. The molecule has 1 N–H and O–H groups in total. The molecule has 1 aromatic carbocycles. The Kier molecular flexibility index (Phi) is 2.68. The number of aromatic nitrogens is 2. The highest BCUT2D eigenvalue weighted by atomic mass is 19.1. The molecule has 0 atom stereocenters. The van der Waals surface area contributed by atoms with Crippen LogP contribution < -0.4 is 4.74 Å². The Morgan fingerprint density at radius 2 is 2.11 bits per heavy atom. The van der Waals surface area contributed by atoms with E-state index in [1.54, 1.807) is 6.20 Å². The van der Waals surface area contributed by atoms with Crippen molar-refractivity contribution in [1.82, 2.24) is 9.97 Å². The van der Waals surface area contributed by atoms with Crippen molar-refractivity contribution in [2.24, 2.45) is 0 Å². The zero-order valence-electron chi connectivity index (χ0n) is 9.56. The summed E-state index contributed by atoms with van der Waals surface area (Å²) in [6.45, 7) is 0.306. The molecule has 0 aliphatic rings. The number of hydrogen-bond donors (Lipinski definition) is 1. The van der Waals surface area contributed by atoms with Gasteiger partial charge in [0.1, 0.15) is 18.2 Å². The summed E-state index contributed by atoms with van der Waals surface area (Å²) in [7, 11) is 0. The molecule has 3 rings (SSSR count). The van der Waals surface area contributed by atoms with E-state index >= 15 is 0 Å². The second-order valence-corrected chi connectivity index (χ2v) is 4.03. The van der Waals surface area contributed by atoms with Crippen LogP contribution in [0.4, 0.5) is 4.39 Å². The van der Waals surface area contributed by atoms with Gasteiger partial charge < -0.3 is 9.72 Å². The molecule has 4 heteroatoms. The number of H-pyrrole nitrogens is 1. The Bertz CT molecular complexity index is 678. The van der Waals surface area contributed by atoms with Crippen LogP contribution in [-0.4, -0.2) is 9.97 Å². The number of fused-ring (bicyclic) bond motifs is 1. The first-order chi connectivity index (χ1) is 8.81. The summed E-state index contributed by atoms with van der Waals surface area (Å²) in [5, 5.41) is 1.09. The van der Waals surface area contributed by atoms with E-state index in [1.165, 1.54) is 12.3 Å². The molecule has 0 radical (unpaired) electrons. The summed E-state index contributed by atoms with van der Waals surface area (Å²) < 4.78 is 18.5. The van der Waals surface area contributed by atoms with Crippen molar-refractivity contribution < 1.29 is 9.13 Å². The van der Waals surface area contributed by atoms with E-state index < -0.39 is 0 Å². The van der Waals surface area contributed by atoms with Gasteiger partial charge in [-0.2, -0.15) is 0 Å². The fourth-order valence-electron chi connectivity index (χ4n) is 1.82. The number of hydrogen-bond acceptors (Lipinski definition) is 2. The van der Waals surface area contributed by atoms with Crippen LogP contribution in [0.2, 0.25) is 0 Å². The Morgan fingerprint density at radius 1 is 1.17 bits per heavy atom. The van der Waals surface area contributed by atoms with E-state index in [1.807, 2.05) is 30.5 Å². The van der Waals surface area contributed by atoms with Gasteiger partial charge in [-0.05, 0) is 30.3 Å². The number of ether oxygens (including phenoxy) is 1. The summed E-state index contributed by atoms with van der Waals surface area (Å²) in [5.41, 5.74) is 1.78. The number of nitrogens with one attached hydrogen (secondary N) is 1. The van der Waals surface area contributed by atoms with Gasteiger partial charge in [0.2, 0.25) is 0 Å². The third-order valence-corrected chi connectivity index (χ3v) is 2.69. The normalized spacial score (nSPS) is 10.7. The molecular weight excluding hydrogens is 231 g/mol. The van der Waals surface area contributed by atoms with Crippen LogP contribution in [0.3, 0.4) is 0 Å². The van der Waals surface area contributed by atoms with Crippen molar-refractivity contribution in [3.05, 3.63) is 60.3 Å². The molecule has 0 saturated heterocycles. The van der Waals surface area contributed by atoms with Crippen molar-refractivity contribution in [3.8, 4) is 5.75 Å². The molecule has 0 bridgehead atoms. The van der Waals surface area contributed by atoms with Crippen LogP contribution in [0.5, 0.6) is 5.75 Å². The lowest BCUT2D eigenvalue weighted by molar-refractivity contribution is 0.305. The average molecular weight is 242 g/mol. The maximum absolute atomic E-state index is 12.9. The molecule has 0 saturated carbocycles. The number of halogens is 1. The number of rotatable bonds is 3. The SMILES string of the molecule is Fc1cncc(COc2ccc3[nH]ccc3c2)c1. The molecule has 90 valence electrons. The number of pyridine rings is 1. The predicted octanol–water partition coefficient (Wildman–Crippen LogP) is 3.28. The van der Waals surface area contributed by atoms with Crippen molar-refractivity contribution in [3.63, 3.8) is 0 Å². The Balaban J connectivity index is 1.76. The minimum atomic E-state index is -0.350. The molecular formula is C14H11FN2O. The van der Waals surface area contributed by atoms with E-state index in [-0.39, 0.29) is 5.82 Å². The molecule has 0 aliphatic carbocycles. The first kappa shape index (κ1) is 10.8. The maximum Gasteiger partial charge on any atom is 0.141 e. The van der Waals surface area contributed by atoms with Crippen LogP contribution in [0, 0.1) is 5.82 Å². The fourth-order valence-corrected chi connectivity index (χ4v) is 1.82. The molecule has 0 amide bonds. The van der Waals surface area contributed by atoms with Crippen LogP contribution in [0.15, 0.2) is 48.9 Å². The van der Waals surface area contributed by atoms with Gasteiger partial charge in [0.25, 0.3) is 0 Å². The molecule has 0 fully saturated rings. The average Bonchev–Trinajstić information content (AvgIpc) is 2.84. The lowest BCUT2D eigenvalue weighted by Crippen LogP contribution is -1.96. The maximum atomic E-state index is 12.9. The molecule has 3 aromatic rings. The Hall–Kier alpha value is -2.36. The topological polar surface area (TPSA) is 37.9 Å². The van der Waals surface area contributed by atoms with Crippen LogP contribution in [-0.2, 0) is 6.61 Å². The van der Waals surface area contributed by atoms with E-state index in [2.05, 4.69) is 9.97 Å². The van der Waals surface area contributed by atoms with Crippen molar-refractivity contribution in [1.29, 1.82) is 0 Å². The minimum Gasteiger partial charge on any atom is -0.489 e. The van der Waals surface area contributed by atoms with Crippen molar-refractivity contribution >= 4 is 10.9 Å². The van der Waals surface area contributed by atoms with Gasteiger partial charge >= 0.3 is 0 Å². The van der Waals surface area contributed by atoms with E-state index in [0.29, 0.717) is 12.2 Å². The number of nitrogens with zero attached hydrogens (tertiary/aromatic N) is 1. The van der Waals surface area contributed by atoms with Gasteiger partial charge in [-0.3, -0.25) is 4.98 Å². The fraction of sp³-hybridized carbons (Fsp3) is 0.0714. The predicted molar refractivity (Wildman–Crippen MR) is 66.8 cm³/mol. The minimum absolute atomic E-state index is 0.306. The van der Waals surface area contributed by atoms with E-state index in [0.717, 1.165) is 16.7 Å². The van der Waals surface area contributed by atoms with Crippen LogP contribution in [0.1, 0.15) is 5.56 Å². The first-order valence-corrected chi connectivity index (χ1v) is 5.61. The standard InChI is InChI=1S/C14H11FN2O/c15-12-5-10(7-16-8-12)9-18-13-1-2-14-11(6-13)3-4-17-14/h1-8,17H,9H2. The van der Waals surface area contributed by atoms with Crippen molar-refractivity contribution in [2.45, 2.75) is 6.61 Å². The lowest BCUT2D eigenvalue weighted by atomic mass is 10.2. The van der Waals surface area contributed by atoms with Crippen LogP contribution >= 0.6 is 0 Å². The summed E-state index contributed by atoms with van der Waals surface area (Å²) in [6, 6.07) is 9.17. The van der Waals surface area contributed by atoms with E-state index in [4.69, 9.17) is 4.74 Å². The smallest absolute Gasteiger partial charge is 0.141 e. The number of benzene rings is 1. The molecule has 0 spiro atoms. The Morgan fingerprint density at radius 3 is 3.00 bits per heavy atom. The molecule has 2 aromatic heterocycles. The Labute approximate surface area is 103 Å². The highest BCUT2D eigenvalue weighted by Gasteiger charge is 2.00. The third kappa shape index (κ3) is 2.18. The monoisotopic (exact) mass is 242 g/mol. The number of aromatic amines is 1. The highest BCUT2D eigenvalue weighted by molar-refractivity contribution is 5.80. The molecule has 18 heavy (non-hydrogen) atoms. The third-order valence-electron chi connectivity index (χ3n) is 2.69. The second kappa shape index (κ2) is 4.49. The largest absolute Gasteiger partial charge is 0.489 e. The molecule has 0 unspecified atom stereocenters. The first-order valence-electron chi connectivity index (χ1n) is 5.61. The summed E-state index contributed by atoms with van der Waals surface area (Å²) >= 11 is 0. The van der Waals surface area contributed by atoms with Gasteiger partial charge in [-0.1, -0.05) is 0 Å². The molecule has 0 aliphatic heterocycles. The second-order valence-electron chi connectivity index (χ2n) is 4.03. The van der Waals surface area contributed by atoms with Gasteiger partial charge in [0.15, 0.2) is 0 Å². The van der Waals surface area contributed by atoms with Gasteiger partial charge in [0.05, 0.1) is 6.20 Å². The van der Waals surface area contributed by atoms with Crippen LogP contribution in [0.25, 0.3) is 10.9 Å². The zero-order chi connectivity index (χ0) is 12.4. The van der Waals surface area contributed by atoms with Crippen molar-refractivity contribution in [2.75, 3.05) is 0 Å². The molecule has 3 nitrogen and oxygen atoms in total. The molecule has 2 heterocycles. The quantitative estimate of drug-likeness (QED) is 0.765. The van der Waals surface area contributed by atoms with Gasteiger partial charge in [0, 0.05) is 28.9 Å². The van der Waals surface area contributed by atoms with Gasteiger partial charge in [-0.15, -0.1) is 0 Å². The highest BCUT2D eigenvalue weighted by Crippen LogP contribution is 2.20. The summed E-state index contributed by atoms with van der Waals surface area (Å²) in [4.78, 5) is 6.89. The summed E-state index contributed by atoms with van der Waals surface area (Å²) in [6.07, 6.45) is 4.65. The zero-order valence-corrected chi connectivity index (χ0v) is 9.56. The van der Waals surface area contributed by atoms with Gasteiger partial charge in [-0.25, -0.2) is 4.39 Å². The lowest BCUT2D eigenvalue weighted by Gasteiger charge is -2.06. The van der Waals surface area contributed by atoms with E-state index in [9.17, 15) is 4.39 Å².